The topological polar surface area (TPSA) is 56.3 Å². The Bertz CT molecular complexity index is 699. The fraction of sp³-hybridized carbons (Fsp3) is 0.579. The van der Waals surface area contributed by atoms with E-state index in [-0.39, 0.29) is 11.8 Å². The second kappa shape index (κ2) is 8.14. The third-order valence-corrected chi connectivity index (χ3v) is 5.75. The SMILES string of the molecule is O=C1CCC(=O)N1N1CCN(Cc2cccc(Cl)c2N2CCOCC2)CC1. The van der Waals surface area contributed by atoms with Gasteiger partial charge in [-0.2, -0.15) is 0 Å². The molecular weight excluding hydrogens is 368 g/mol. The minimum absolute atomic E-state index is 0.0714. The van der Waals surface area contributed by atoms with E-state index in [2.05, 4.69) is 15.9 Å². The molecule has 0 atom stereocenters. The Labute approximate surface area is 164 Å². The zero-order valence-electron chi connectivity index (χ0n) is 15.4. The second-order valence-corrected chi connectivity index (χ2v) is 7.58. The van der Waals surface area contributed by atoms with Crippen molar-refractivity contribution in [1.82, 2.24) is 14.9 Å². The summed E-state index contributed by atoms with van der Waals surface area (Å²) in [5.74, 6) is -0.143. The molecular formula is C19H25ClN4O3. The largest absolute Gasteiger partial charge is 0.378 e. The van der Waals surface area contributed by atoms with Crippen LogP contribution in [0, 0.1) is 0 Å². The molecule has 3 heterocycles. The third kappa shape index (κ3) is 3.96. The van der Waals surface area contributed by atoms with E-state index in [4.69, 9.17) is 16.3 Å². The molecule has 0 saturated carbocycles. The lowest BCUT2D eigenvalue weighted by Gasteiger charge is -2.39. The van der Waals surface area contributed by atoms with Crippen molar-refractivity contribution in [3.8, 4) is 0 Å². The van der Waals surface area contributed by atoms with Crippen molar-refractivity contribution in [3.05, 3.63) is 28.8 Å². The maximum absolute atomic E-state index is 11.9. The number of hydrazine groups is 1. The number of carbonyl (C=O) groups is 2. The standard InChI is InChI=1S/C19H25ClN4O3/c20-16-3-1-2-15(19(16)22-10-12-27-13-11-22)14-21-6-8-23(9-7-21)24-17(25)4-5-18(24)26/h1-3H,4-14H2. The molecule has 1 aromatic rings. The first kappa shape index (κ1) is 18.7. The van der Waals surface area contributed by atoms with Gasteiger partial charge in [0.2, 0.25) is 11.8 Å². The van der Waals surface area contributed by atoms with Crippen LogP contribution in [-0.4, -0.2) is 79.2 Å². The molecule has 0 bridgehead atoms. The predicted molar refractivity (Wildman–Crippen MR) is 102 cm³/mol. The van der Waals surface area contributed by atoms with Gasteiger partial charge in [0.1, 0.15) is 0 Å². The lowest BCUT2D eigenvalue weighted by atomic mass is 10.1. The Hall–Kier alpha value is -1.67. The van der Waals surface area contributed by atoms with Crippen molar-refractivity contribution in [3.63, 3.8) is 0 Å². The maximum atomic E-state index is 11.9. The molecule has 3 fully saturated rings. The number of ether oxygens (including phenoxy) is 1. The van der Waals surface area contributed by atoms with Gasteiger partial charge in [-0.1, -0.05) is 23.7 Å². The molecule has 0 spiro atoms. The van der Waals surface area contributed by atoms with Gasteiger partial charge in [0, 0.05) is 58.7 Å². The number of para-hydroxylation sites is 1. The summed E-state index contributed by atoms with van der Waals surface area (Å²) in [6, 6.07) is 6.08. The number of rotatable bonds is 4. The van der Waals surface area contributed by atoms with Gasteiger partial charge >= 0.3 is 0 Å². The number of benzene rings is 1. The van der Waals surface area contributed by atoms with Crippen molar-refractivity contribution in [2.24, 2.45) is 0 Å². The van der Waals surface area contributed by atoms with E-state index < -0.39 is 0 Å². The fourth-order valence-corrected chi connectivity index (χ4v) is 4.36. The number of nitrogens with zero attached hydrogens (tertiary/aromatic N) is 4. The van der Waals surface area contributed by atoms with Crippen LogP contribution < -0.4 is 4.90 Å². The van der Waals surface area contributed by atoms with Gasteiger partial charge in [-0.15, -0.1) is 0 Å². The van der Waals surface area contributed by atoms with E-state index in [0.717, 1.165) is 56.6 Å². The van der Waals surface area contributed by atoms with E-state index in [1.807, 2.05) is 17.1 Å². The van der Waals surface area contributed by atoms with Crippen LogP contribution in [0.4, 0.5) is 5.69 Å². The molecule has 0 aliphatic carbocycles. The van der Waals surface area contributed by atoms with Crippen LogP contribution in [0.2, 0.25) is 5.02 Å². The molecule has 3 aliphatic heterocycles. The Morgan fingerprint density at radius 2 is 1.59 bits per heavy atom. The Morgan fingerprint density at radius 1 is 0.926 bits per heavy atom. The number of halogens is 1. The average Bonchev–Trinajstić information content (AvgIpc) is 3.02. The zero-order chi connectivity index (χ0) is 18.8. The minimum Gasteiger partial charge on any atom is -0.378 e. The van der Waals surface area contributed by atoms with Gasteiger partial charge in [0.05, 0.1) is 23.9 Å². The van der Waals surface area contributed by atoms with Crippen molar-refractivity contribution in [2.75, 3.05) is 57.4 Å². The van der Waals surface area contributed by atoms with Gasteiger partial charge in [-0.3, -0.25) is 14.5 Å². The molecule has 3 aliphatic rings. The molecule has 3 saturated heterocycles. The third-order valence-electron chi connectivity index (χ3n) is 5.45. The predicted octanol–water partition coefficient (Wildman–Crippen LogP) is 1.36. The molecule has 0 N–H and O–H groups in total. The Morgan fingerprint density at radius 3 is 2.26 bits per heavy atom. The number of amides is 2. The summed E-state index contributed by atoms with van der Waals surface area (Å²) in [4.78, 5) is 28.5. The molecule has 1 aromatic carbocycles. The van der Waals surface area contributed by atoms with Gasteiger partial charge in [-0.25, -0.2) is 10.0 Å². The molecule has 27 heavy (non-hydrogen) atoms. The molecule has 0 aromatic heterocycles. The summed E-state index contributed by atoms with van der Waals surface area (Å²) >= 11 is 6.53. The molecule has 7 nitrogen and oxygen atoms in total. The quantitative estimate of drug-likeness (QED) is 0.721. The molecule has 8 heteroatoms. The lowest BCUT2D eigenvalue weighted by molar-refractivity contribution is -0.160. The summed E-state index contributed by atoms with van der Waals surface area (Å²) in [6.07, 6.45) is 0.676. The molecule has 146 valence electrons. The van der Waals surface area contributed by atoms with Crippen LogP contribution >= 0.6 is 11.6 Å². The van der Waals surface area contributed by atoms with E-state index in [1.165, 1.54) is 10.6 Å². The average molecular weight is 393 g/mol. The van der Waals surface area contributed by atoms with Gasteiger partial charge in [0.25, 0.3) is 0 Å². The van der Waals surface area contributed by atoms with Crippen LogP contribution in [-0.2, 0) is 20.9 Å². The highest BCUT2D eigenvalue weighted by Gasteiger charge is 2.35. The molecule has 0 unspecified atom stereocenters. The second-order valence-electron chi connectivity index (χ2n) is 7.18. The van der Waals surface area contributed by atoms with Gasteiger partial charge < -0.3 is 9.64 Å². The van der Waals surface area contributed by atoms with Crippen LogP contribution in [0.1, 0.15) is 18.4 Å². The first-order chi connectivity index (χ1) is 13.1. The number of hydrogen-bond acceptors (Lipinski definition) is 6. The summed E-state index contributed by atoms with van der Waals surface area (Å²) in [5, 5.41) is 4.03. The van der Waals surface area contributed by atoms with Crippen molar-refractivity contribution in [1.29, 1.82) is 0 Å². The molecule has 4 rings (SSSR count). The van der Waals surface area contributed by atoms with Crippen molar-refractivity contribution >= 4 is 29.1 Å². The fourth-order valence-electron chi connectivity index (χ4n) is 4.05. The Balaban J connectivity index is 1.41. The smallest absolute Gasteiger partial charge is 0.244 e. The number of morpholine rings is 1. The summed E-state index contributed by atoms with van der Waals surface area (Å²) in [5.41, 5.74) is 2.32. The summed E-state index contributed by atoms with van der Waals surface area (Å²) in [7, 11) is 0. The first-order valence-electron chi connectivity index (χ1n) is 9.56. The van der Waals surface area contributed by atoms with Gasteiger partial charge in [0.15, 0.2) is 0 Å². The normalized spacial score (nSPS) is 22.7. The van der Waals surface area contributed by atoms with E-state index >= 15 is 0 Å². The number of imide groups is 1. The maximum Gasteiger partial charge on any atom is 0.244 e. The highest BCUT2D eigenvalue weighted by atomic mass is 35.5. The lowest BCUT2D eigenvalue weighted by Crippen LogP contribution is -2.55. The van der Waals surface area contributed by atoms with Crippen LogP contribution in [0.5, 0.6) is 0 Å². The Kier molecular flexibility index (Phi) is 5.63. The highest BCUT2D eigenvalue weighted by Crippen LogP contribution is 2.31. The van der Waals surface area contributed by atoms with Crippen molar-refractivity contribution in [2.45, 2.75) is 19.4 Å². The number of carbonyl (C=O) groups excluding carboxylic acids is 2. The number of anilines is 1. The van der Waals surface area contributed by atoms with Crippen molar-refractivity contribution < 1.29 is 14.3 Å². The molecule has 0 radical (unpaired) electrons. The van der Waals surface area contributed by atoms with Crippen LogP contribution in [0.3, 0.4) is 0 Å². The monoisotopic (exact) mass is 392 g/mol. The first-order valence-corrected chi connectivity index (χ1v) is 9.94. The zero-order valence-corrected chi connectivity index (χ0v) is 16.2. The highest BCUT2D eigenvalue weighted by molar-refractivity contribution is 6.33. The number of piperazine rings is 1. The van der Waals surface area contributed by atoms with Crippen LogP contribution in [0.25, 0.3) is 0 Å². The van der Waals surface area contributed by atoms with E-state index in [1.54, 1.807) is 0 Å². The van der Waals surface area contributed by atoms with E-state index in [9.17, 15) is 9.59 Å². The molecule has 2 amide bonds. The van der Waals surface area contributed by atoms with Crippen LogP contribution in [0.15, 0.2) is 18.2 Å². The minimum atomic E-state index is -0.0714. The summed E-state index contributed by atoms with van der Waals surface area (Å²) < 4.78 is 5.47. The number of hydrogen-bond donors (Lipinski definition) is 0. The van der Waals surface area contributed by atoms with Gasteiger partial charge in [-0.05, 0) is 11.6 Å². The van der Waals surface area contributed by atoms with E-state index in [0.29, 0.717) is 25.9 Å². The summed E-state index contributed by atoms with van der Waals surface area (Å²) in [6.45, 7) is 6.95.